The van der Waals surface area contributed by atoms with E-state index in [0.717, 1.165) is 0 Å². The molecule has 11 heavy (non-hydrogen) atoms. The summed E-state index contributed by atoms with van der Waals surface area (Å²) in [6.45, 7) is 1.43. The summed E-state index contributed by atoms with van der Waals surface area (Å²) in [4.78, 5) is 21.0. The van der Waals surface area contributed by atoms with Crippen molar-refractivity contribution in [1.82, 2.24) is 0 Å². The minimum absolute atomic E-state index is 0.0492. The van der Waals surface area contributed by atoms with E-state index in [1.807, 2.05) is 0 Å². The lowest BCUT2D eigenvalue weighted by molar-refractivity contribution is -0.140. The standard InChI is InChI=1S/C7H11BrO3/c1-5(9)6(2-3-8)4-7(10)11/h6H,2-4H2,1H3,(H,10,11). The molecule has 0 aromatic carbocycles. The van der Waals surface area contributed by atoms with E-state index in [-0.39, 0.29) is 18.1 Å². The van der Waals surface area contributed by atoms with Gasteiger partial charge in [0.05, 0.1) is 6.42 Å². The van der Waals surface area contributed by atoms with Crippen LogP contribution in [0.3, 0.4) is 0 Å². The molecule has 0 fully saturated rings. The van der Waals surface area contributed by atoms with Gasteiger partial charge in [-0.05, 0) is 13.3 Å². The van der Waals surface area contributed by atoms with Crippen molar-refractivity contribution in [2.45, 2.75) is 19.8 Å². The first-order valence-corrected chi connectivity index (χ1v) is 4.48. The summed E-state index contributed by atoms with van der Waals surface area (Å²) in [5.74, 6) is -1.29. The van der Waals surface area contributed by atoms with Crippen molar-refractivity contribution in [2.24, 2.45) is 5.92 Å². The highest BCUT2D eigenvalue weighted by atomic mass is 79.9. The van der Waals surface area contributed by atoms with Crippen LogP contribution < -0.4 is 0 Å². The lowest BCUT2D eigenvalue weighted by Crippen LogP contribution is -2.15. The van der Waals surface area contributed by atoms with Crippen LogP contribution in [0.4, 0.5) is 0 Å². The van der Waals surface area contributed by atoms with Crippen molar-refractivity contribution >= 4 is 27.7 Å². The SMILES string of the molecule is CC(=O)C(CCBr)CC(=O)O. The van der Waals surface area contributed by atoms with Crippen molar-refractivity contribution < 1.29 is 14.7 Å². The minimum atomic E-state index is -0.911. The van der Waals surface area contributed by atoms with Gasteiger partial charge in [0.15, 0.2) is 0 Å². The first-order chi connectivity index (χ1) is 5.07. The van der Waals surface area contributed by atoms with Gasteiger partial charge in [-0.2, -0.15) is 0 Å². The molecule has 0 aromatic rings. The lowest BCUT2D eigenvalue weighted by Gasteiger charge is -2.07. The molecule has 1 unspecified atom stereocenters. The van der Waals surface area contributed by atoms with Gasteiger partial charge in [-0.1, -0.05) is 15.9 Å². The molecule has 0 saturated heterocycles. The second kappa shape index (κ2) is 5.29. The van der Waals surface area contributed by atoms with E-state index in [9.17, 15) is 9.59 Å². The molecule has 0 aliphatic carbocycles. The maximum Gasteiger partial charge on any atom is 0.304 e. The number of hydrogen-bond acceptors (Lipinski definition) is 2. The number of carbonyl (C=O) groups is 2. The number of hydrogen-bond donors (Lipinski definition) is 1. The Hall–Kier alpha value is -0.380. The number of ketones is 1. The van der Waals surface area contributed by atoms with Crippen LogP contribution in [0, 0.1) is 5.92 Å². The number of carboxylic acids is 1. The number of carboxylic acid groups (broad SMARTS) is 1. The van der Waals surface area contributed by atoms with Crippen molar-refractivity contribution in [3.8, 4) is 0 Å². The average Bonchev–Trinajstić information content (AvgIpc) is 1.86. The predicted octanol–water partition coefficient (Wildman–Crippen LogP) is 1.45. The minimum Gasteiger partial charge on any atom is -0.481 e. The predicted molar refractivity (Wildman–Crippen MR) is 44.8 cm³/mol. The summed E-state index contributed by atoms with van der Waals surface area (Å²) < 4.78 is 0. The van der Waals surface area contributed by atoms with Gasteiger partial charge in [0.1, 0.15) is 5.78 Å². The molecule has 0 aromatic heterocycles. The zero-order valence-electron chi connectivity index (χ0n) is 6.34. The van der Waals surface area contributed by atoms with Crippen LogP contribution >= 0.6 is 15.9 Å². The molecule has 0 aliphatic rings. The largest absolute Gasteiger partial charge is 0.481 e. The lowest BCUT2D eigenvalue weighted by atomic mass is 9.99. The molecule has 0 heterocycles. The van der Waals surface area contributed by atoms with Crippen LogP contribution in [0.25, 0.3) is 0 Å². The third-order valence-corrected chi connectivity index (χ3v) is 1.91. The van der Waals surface area contributed by atoms with Gasteiger partial charge in [-0.25, -0.2) is 0 Å². The molecule has 0 bridgehead atoms. The summed E-state index contributed by atoms with van der Waals surface area (Å²) >= 11 is 3.16. The maximum absolute atomic E-state index is 10.8. The maximum atomic E-state index is 10.8. The Morgan fingerprint density at radius 3 is 2.36 bits per heavy atom. The fourth-order valence-electron chi connectivity index (χ4n) is 0.792. The van der Waals surface area contributed by atoms with Gasteiger partial charge in [-0.3, -0.25) is 9.59 Å². The fraction of sp³-hybridized carbons (Fsp3) is 0.714. The van der Waals surface area contributed by atoms with Gasteiger partial charge >= 0.3 is 5.97 Å². The molecular formula is C7H11BrO3. The van der Waals surface area contributed by atoms with Gasteiger partial charge in [0.25, 0.3) is 0 Å². The molecule has 4 heteroatoms. The van der Waals surface area contributed by atoms with E-state index < -0.39 is 5.97 Å². The molecule has 3 nitrogen and oxygen atoms in total. The highest BCUT2D eigenvalue weighted by molar-refractivity contribution is 9.09. The monoisotopic (exact) mass is 222 g/mol. The van der Waals surface area contributed by atoms with Crippen LogP contribution in [0.5, 0.6) is 0 Å². The Morgan fingerprint density at radius 2 is 2.09 bits per heavy atom. The van der Waals surface area contributed by atoms with Crippen LogP contribution in [-0.4, -0.2) is 22.2 Å². The number of carbonyl (C=O) groups excluding carboxylic acids is 1. The molecule has 0 aliphatic heterocycles. The summed E-state index contributed by atoms with van der Waals surface area (Å²) in [5, 5.41) is 9.06. The molecular weight excluding hydrogens is 212 g/mol. The Kier molecular flexibility index (Phi) is 5.11. The molecule has 0 saturated carbocycles. The Morgan fingerprint density at radius 1 is 1.55 bits per heavy atom. The third kappa shape index (κ3) is 4.95. The quantitative estimate of drug-likeness (QED) is 0.717. The number of halogens is 1. The van der Waals surface area contributed by atoms with Crippen molar-refractivity contribution in [3.05, 3.63) is 0 Å². The van der Waals surface area contributed by atoms with Crippen molar-refractivity contribution in [1.29, 1.82) is 0 Å². The van der Waals surface area contributed by atoms with Crippen LogP contribution in [0.2, 0.25) is 0 Å². The second-order valence-electron chi connectivity index (χ2n) is 2.38. The highest BCUT2D eigenvalue weighted by Gasteiger charge is 2.16. The van der Waals surface area contributed by atoms with Crippen molar-refractivity contribution in [2.75, 3.05) is 5.33 Å². The number of Topliss-reactive ketones (excluding diaryl/α,β-unsaturated/α-hetero) is 1. The first kappa shape index (κ1) is 10.6. The third-order valence-electron chi connectivity index (χ3n) is 1.45. The van der Waals surface area contributed by atoms with E-state index in [1.54, 1.807) is 0 Å². The fourth-order valence-corrected chi connectivity index (χ4v) is 1.34. The highest BCUT2D eigenvalue weighted by Crippen LogP contribution is 2.11. The Balaban J connectivity index is 3.89. The smallest absolute Gasteiger partial charge is 0.304 e. The van der Waals surface area contributed by atoms with Gasteiger partial charge in [-0.15, -0.1) is 0 Å². The summed E-state index contributed by atoms with van der Waals surface area (Å²) in [6.07, 6.45) is 0.544. The summed E-state index contributed by atoms with van der Waals surface area (Å²) in [6, 6.07) is 0. The zero-order valence-corrected chi connectivity index (χ0v) is 7.93. The van der Waals surface area contributed by atoms with Gasteiger partial charge < -0.3 is 5.11 Å². The molecule has 1 atom stereocenters. The molecule has 0 amide bonds. The zero-order chi connectivity index (χ0) is 8.85. The van der Waals surface area contributed by atoms with Crippen LogP contribution in [0.1, 0.15) is 19.8 Å². The van der Waals surface area contributed by atoms with E-state index in [2.05, 4.69) is 15.9 Å². The van der Waals surface area contributed by atoms with Gasteiger partial charge in [0, 0.05) is 11.2 Å². The van der Waals surface area contributed by atoms with Crippen LogP contribution in [-0.2, 0) is 9.59 Å². The number of aliphatic carboxylic acids is 1. The first-order valence-electron chi connectivity index (χ1n) is 3.36. The molecule has 0 radical (unpaired) electrons. The van der Waals surface area contributed by atoms with Crippen LogP contribution in [0.15, 0.2) is 0 Å². The van der Waals surface area contributed by atoms with E-state index in [0.29, 0.717) is 11.8 Å². The molecule has 64 valence electrons. The Bertz CT molecular complexity index is 156. The van der Waals surface area contributed by atoms with E-state index >= 15 is 0 Å². The number of rotatable bonds is 5. The number of alkyl halides is 1. The molecule has 0 spiro atoms. The normalized spacial score (nSPS) is 12.5. The molecule has 0 rings (SSSR count). The topological polar surface area (TPSA) is 54.4 Å². The summed E-state index contributed by atoms with van der Waals surface area (Å²) in [5.41, 5.74) is 0. The van der Waals surface area contributed by atoms with Gasteiger partial charge in [0.2, 0.25) is 0 Å². The van der Waals surface area contributed by atoms with E-state index in [1.165, 1.54) is 6.92 Å². The van der Waals surface area contributed by atoms with E-state index in [4.69, 9.17) is 5.11 Å². The Labute approximate surface area is 73.9 Å². The summed E-state index contributed by atoms with van der Waals surface area (Å²) in [7, 11) is 0. The van der Waals surface area contributed by atoms with Crippen molar-refractivity contribution in [3.63, 3.8) is 0 Å². The second-order valence-corrected chi connectivity index (χ2v) is 3.18. The average molecular weight is 223 g/mol. The molecule has 1 N–H and O–H groups in total.